The lowest BCUT2D eigenvalue weighted by Crippen LogP contribution is -2.29. The fourth-order valence-corrected chi connectivity index (χ4v) is 2.74. The van der Waals surface area contributed by atoms with Crippen molar-refractivity contribution in [2.45, 2.75) is 19.5 Å². The summed E-state index contributed by atoms with van der Waals surface area (Å²) in [6.07, 6.45) is 0.483. The van der Waals surface area contributed by atoms with E-state index in [-0.39, 0.29) is 5.91 Å². The summed E-state index contributed by atoms with van der Waals surface area (Å²) in [5, 5.41) is 3.30. The predicted octanol–water partition coefficient (Wildman–Crippen LogP) is 3.60. The van der Waals surface area contributed by atoms with E-state index in [1.54, 1.807) is 12.0 Å². The number of carbonyl (C=O) groups is 1. The normalized spacial score (nSPS) is 10.5. The van der Waals surface area contributed by atoms with Gasteiger partial charge in [-0.3, -0.25) is 4.79 Å². The summed E-state index contributed by atoms with van der Waals surface area (Å²) >= 11 is 3.51. The molecule has 2 aromatic carbocycles. The number of nitrogens with one attached hydrogen (secondary N) is 1. The first-order valence-electron chi connectivity index (χ1n) is 7.91. The van der Waals surface area contributed by atoms with Crippen LogP contribution in [0.5, 0.6) is 5.75 Å². The number of nitrogens with zero attached hydrogens (tertiary/aromatic N) is 1. The van der Waals surface area contributed by atoms with Crippen molar-refractivity contribution in [1.29, 1.82) is 0 Å². The van der Waals surface area contributed by atoms with Crippen molar-refractivity contribution in [2.75, 3.05) is 20.7 Å². The molecule has 0 bridgehead atoms. The zero-order valence-electron chi connectivity index (χ0n) is 14.1. The molecule has 0 aromatic heterocycles. The molecule has 0 atom stereocenters. The summed E-state index contributed by atoms with van der Waals surface area (Å²) in [6, 6.07) is 15.9. The van der Waals surface area contributed by atoms with Crippen molar-refractivity contribution in [2.24, 2.45) is 0 Å². The average molecular weight is 391 g/mol. The van der Waals surface area contributed by atoms with Crippen molar-refractivity contribution < 1.29 is 9.53 Å². The molecule has 5 heteroatoms. The van der Waals surface area contributed by atoms with E-state index < -0.39 is 0 Å². The number of benzene rings is 2. The van der Waals surface area contributed by atoms with Gasteiger partial charge in [-0.15, -0.1) is 0 Å². The molecule has 2 aromatic rings. The lowest BCUT2D eigenvalue weighted by atomic mass is 10.2. The monoisotopic (exact) mass is 390 g/mol. The minimum atomic E-state index is 0.132. The van der Waals surface area contributed by atoms with Crippen LogP contribution in [0, 0.1) is 0 Å². The first-order chi connectivity index (χ1) is 11.6. The average Bonchev–Trinajstić information content (AvgIpc) is 2.61. The van der Waals surface area contributed by atoms with Crippen molar-refractivity contribution in [1.82, 2.24) is 10.2 Å². The van der Waals surface area contributed by atoms with Crippen LogP contribution in [0.15, 0.2) is 53.0 Å². The fourth-order valence-electron chi connectivity index (χ4n) is 2.33. The Balaban J connectivity index is 1.71. The largest absolute Gasteiger partial charge is 0.497 e. The van der Waals surface area contributed by atoms with Crippen molar-refractivity contribution in [3.05, 3.63) is 64.1 Å². The van der Waals surface area contributed by atoms with Gasteiger partial charge in [0.2, 0.25) is 5.91 Å². The standard InChI is InChI=1S/C19H23BrN2O2/c1-22(14-16-5-3-4-6-18(16)20)19(23)11-12-21-13-15-7-9-17(24-2)10-8-15/h3-10,21H,11-14H2,1-2H3. The number of hydrogen-bond acceptors (Lipinski definition) is 3. The first-order valence-corrected chi connectivity index (χ1v) is 8.70. The number of amides is 1. The van der Waals surface area contributed by atoms with Gasteiger partial charge in [0.1, 0.15) is 5.75 Å². The molecule has 0 heterocycles. The van der Waals surface area contributed by atoms with Gasteiger partial charge in [-0.1, -0.05) is 46.3 Å². The molecule has 0 fully saturated rings. The highest BCUT2D eigenvalue weighted by Gasteiger charge is 2.10. The molecule has 0 saturated carbocycles. The number of carbonyl (C=O) groups excluding carboxylic acids is 1. The van der Waals surface area contributed by atoms with Crippen LogP contribution in [0.2, 0.25) is 0 Å². The molecule has 0 aliphatic rings. The molecular formula is C19H23BrN2O2. The van der Waals surface area contributed by atoms with Crippen LogP contribution < -0.4 is 10.1 Å². The Morgan fingerprint density at radius 3 is 2.54 bits per heavy atom. The zero-order chi connectivity index (χ0) is 17.4. The van der Waals surface area contributed by atoms with Gasteiger partial charge in [0, 0.05) is 37.6 Å². The van der Waals surface area contributed by atoms with Crippen LogP contribution in [0.1, 0.15) is 17.5 Å². The van der Waals surface area contributed by atoms with E-state index in [4.69, 9.17) is 4.74 Å². The molecule has 0 spiro atoms. The van der Waals surface area contributed by atoms with Crippen LogP contribution in [-0.2, 0) is 17.9 Å². The second-order valence-electron chi connectivity index (χ2n) is 5.62. The molecular weight excluding hydrogens is 368 g/mol. The third-order valence-electron chi connectivity index (χ3n) is 3.79. The van der Waals surface area contributed by atoms with Gasteiger partial charge in [-0.2, -0.15) is 0 Å². The molecule has 0 aliphatic carbocycles. The lowest BCUT2D eigenvalue weighted by molar-refractivity contribution is -0.130. The number of rotatable bonds is 8. The fraction of sp³-hybridized carbons (Fsp3) is 0.316. The zero-order valence-corrected chi connectivity index (χ0v) is 15.7. The Morgan fingerprint density at radius 2 is 1.88 bits per heavy atom. The SMILES string of the molecule is COc1ccc(CNCCC(=O)N(C)Cc2ccccc2Br)cc1. The maximum absolute atomic E-state index is 12.2. The maximum Gasteiger partial charge on any atom is 0.223 e. The van der Waals surface area contributed by atoms with E-state index in [0.717, 1.165) is 22.3 Å². The van der Waals surface area contributed by atoms with Crippen LogP contribution in [-0.4, -0.2) is 31.5 Å². The minimum Gasteiger partial charge on any atom is -0.497 e. The third-order valence-corrected chi connectivity index (χ3v) is 4.57. The summed E-state index contributed by atoms with van der Waals surface area (Å²) in [5.74, 6) is 0.982. The topological polar surface area (TPSA) is 41.6 Å². The van der Waals surface area contributed by atoms with Gasteiger partial charge in [0.15, 0.2) is 0 Å². The lowest BCUT2D eigenvalue weighted by Gasteiger charge is -2.18. The number of halogens is 1. The van der Waals surface area contributed by atoms with Crippen LogP contribution in [0.25, 0.3) is 0 Å². The molecule has 0 radical (unpaired) electrons. The quantitative estimate of drug-likeness (QED) is 0.700. The van der Waals surface area contributed by atoms with Gasteiger partial charge in [-0.05, 0) is 29.3 Å². The van der Waals surface area contributed by atoms with Crippen molar-refractivity contribution in [3.8, 4) is 5.75 Å². The van der Waals surface area contributed by atoms with Crippen LogP contribution in [0.3, 0.4) is 0 Å². The Labute approximate surface area is 151 Å². The molecule has 0 aliphatic heterocycles. The molecule has 128 valence electrons. The molecule has 24 heavy (non-hydrogen) atoms. The summed E-state index contributed by atoms with van der Waals surface area (Å²) < 4.78 is 6.17. The van der Waals surface area contributed by atoms with Crippen LogP contribution in [0.4, 0.5) is 0 Å². The third kappa shape index (κ3) is 5.65. The van der Waals surface area contributed by atoms with Gasteiger partial charge in [-0.25, -0.2) is 0 Å². The van der Waals surface area contributed by atoms with Crippen molar-refractivity contribution in [3.63, 3.8) is 0 Å². The molecule has 4 nitrogen and oxygen atoms in total. The summed E-state index contributed by atoms with van der Waals surface area (Å²) in [6.45, 7) is 2.01. The second-order valence-corrected chi connectivity index (χ2v) is 6.47. The van der Waals surface area contributed by atoms with Gasteiger partial charge < -0.3 is 15.0 Å². The summed E-state index contributed by atoms with van der Waals surface area (Å²) in [5.41, 5.74) is 2.28. The van der Waals surface area contributed by atoms with E-state index in [1.165, 1.54) is 5.56 Å². The van der Waals surface area contributed by atoms with E-state index in [0.29, 0.717) is 19.5 Å². The Morgan fingerprint density at radius 1 is 1.17 bits per heavy atom. The Kier molecular flexibility index (Phi) is 7.28. The molecule has 0 unspecified atom stereocenters. The smallest absolute Gasteiger partial charge is 0.223 e. The first kappa shape index (κ1) is 18.5. The predicted molar refractivity (Wildman–Crippen MR) is 99.9 cm³/mol. The number of ether oxygens (including phenoxy) is 1. The van der Waals surface area contributed by atoms with Gasteiger partial charge >= 0.3 is 0 Å². The minimum absolute atomic E-state index is 0.132. The molecule has 2 rings (SSSR count). The van der Waals surface area contributed by atoms with E-state index in [9.17, 15) is 4.79 Å². The highest BCUT2D eigenvalue weighted by atomic mass is 79.9. The number of methoxy groups -OCH3 is 1. The van der Waals surface area contributed by atoms with E-state index >= 15 is 0 Å². The molecule has 0 saturated heterocycles. The highest BCUT2D eigenvalue weighted by molar-refractivity contribution is 9.10. The Bertz CT molecular complexity index is 659. The van der Waals surface area contributed by atoms with E-state index in [1.807, 2.05) is 55.6 Å². The summed E-state index contributed by atoms with van der Waals surface area (Å²) in [7, 11) is 3.49. The Hall–Kier alpha value is -1.85. The van der Waals surface area contributed by atoms with Gasteiger partial charge in [0.25, 0.3) is 0 Å². The second kappa shape index (κ2) is 9.45. The van der Waals surface area contributed by atoms with Crippen molar-refractivity contribution >= 4 is 21.8 Å². The highest BCUT2D eigenvalue weighted by Crippen LogP contribution is 2.17. The summed E-state index contributed by atoms with van der Waals surface area (Å²) in [4.78, 5) is 14.0. The number of hydrogen-bond donors (Lipinski definition) is 1. The molecule has 1 amide bonds. The van der Waals surface area contributed by atoms with Gasteiger partial charge in [0.05, 0.1) is 7.11 Å². The van der Waals surface area contributed by atoms with Crippen LogP contribution >= 0.6 is 15.9 Å². The molecule has 1 N–H and O–H groups in total. The maximum atomic E-state index is 12.2. The van der Waals surface area contributed by atoms with E-state index in [2.05, 4.69) is 21.2 Å².